The first kappa shape index (κ1) is 23.3. The number of hydrogen-bond donors (Lipinski definition) is 1. The van der Waals surface area contributed by atoms with E-state index in [9.17, 15) is 9.18 Å². The number of ether oxygens (including phenoxy) is 2. The summed E-state index contributed by atoms with van der Waals surface area (Å²) in [6, 6.07) is 9.07. The van der Waals surface area contributed by atoms with Gasteiger partial charge in [0.1, 0.15) is 12.3 Å². The van der Waals surface area contributed by atoms with Crippen LogP contribution in [0, 0.1) is 0 Å². The number of hydrogen-bond acceptors (Lipinski definition) is 6. The monoisotopic (exact) mass is 480 g/mol. The Morgan fingerprint density at radius 1 is 1.20 bits per heavy atom. The smallest absolute Gasteiger partial charge is 0.254 e. The van der Waals surface area contributed by atoms with Crippen molar-refractivity contribution in [2.45, 2.75) is 19.0 Å². The highest BCUT2D eigenvalue weighted by atomic mass is 19.1. The van der Waals surface area contributed by atoms with E-state index in [4.69, 9.17) is 20.2 Å². The van der Waals surface area contributed by atoms with E-state index in [1.165, 1.54) is 0 Å². The van der Waals surface area contributed by atoms with Gasteiger partial charge < -0.3 is 29.2 Å². The highest BCUT2D eigenvalue weighted by molar-refractivity contribution is 6.00. The van der Waals surface area contributed by atoms with Crippen molar-refractivity contribution < 1.29 is 18.7 Å². The maximum atomic E-state index is 13.1. The first-order chi connectivity index (χ1) is 16.9. The van der Waals surface area contributed by atoms with Gasteiger partial charge in [0.2, 0.25) is 5.88 Å². The van der Waals surface area contributed by atoms with Gasteiger partial charge in [-0.25, -0.2) is 9.37 Å². The van der Waals surface area contributed by atoms with Gasteiger partial charge in [-0.2, -0.15) is 4.98 Å². The number of nitrogens with two attached hydrogens (primary N) is 1. The van der Waals surface area contributed by atoms with Crippen LogP contribution in [0.15, 0.2) is 30.3 Å². The number of carbonyl (C=O) groups excluding carboxylic acids is 1. The number of amides is 1. The lowest BCUT2D eigenvalue weighted by Crippen LogP contribution is -2.45. The van der Waals surface area contributed by atoms with Crippen molar-refractivity contribution >= 4 is 28.0 Å². The standard InChI is InChI=1S/C25H29FN6O3/c1-30-20-10-15-6-7-31(14-17(27)13-26)25(33)18(15)12-19(20)28-24(30)21-11-16-4-5-22(35-3)29-23(16)32(21)8-9-34-2/h4-5,10-12,17H,6-9,13-14,27H2,1-3H3/t17-/m1/s1. The Morgan fingerprint density at radius 3 is 2.77 bits per heavy atom. The quantitative estimate of drug-likeness (QED) is 0.416. The molecule has 184 valence electrons. The Bertz CT molecular complexity index is 1410. The van der Waals surface area contributed by atoms with E-state index in [0.29, 0.717) is 37.6 Å². The van der Waals surface area contributed by atoms with Crippen LogP contribution >= 0.6 is 0 Å². The Hall–Kier alpha value is -3.50. The molecule has 9 nitrogen and oxygen atoms in total. The normalized spacial score (nSPS) is 14.7. The summed E-state index contributed by atoms with van der Waals surface area (Å²) in [6.07, 6.45) is 0.689. The molecule has 1 aliphatic rings. The zero-order chi connectivity index (χ0) is 24.7. The van der Waals surface area contributed by atoms with Crippen molar-refractivity contribution in [3.8, 4) is 17.4 Å². The first-order valence-electron chi connectivity index (χ1n) is 11.6. The summed E-state index contributed by atoms with van der Waals surface area (Å²) in [7, 11) is 5.23. The molecule has 0 spiro atoms. The highest BCUT2D eigenvalue weighted by Gasteiger charge is 2.27. The molecule has 0 saturated carbocycles. The molecule has 1 aliphatic heterocycles. The van der Waals surface area contributed by atoms with Crippen LogP contribution in [0.25, 0.3) is 33.6 Å². The zero-order valence-corrected chi connectivity index (χ0v) is 20.1. The molecular weight excluding hydrogens is 451 g/mol. The van der Waals surface area contributed by atoms with Crippen LogP contribution in [-0.4, -0.2) is 76.5 Å². The number of pyridine rings is 1. The largest absolute Gasteiger partial charge is 0.481 e. The molecule has 2 N–H and O–H groups in total. The number of rotatable bonds is 8. The molecule has 5 rings (SSSR count). The molecule has 1 amide bonds. The van der Waals surface area contributed by atoms with Gasteiger partial charge in [-0.15, -0.1) is 0 Å². The maximum Gasteiger partial charge on any atom is 0.254 e. The van der Waals surface area contributed by atoms with Crippen LogP contribution in [-0.2, 0) is 24.8 Å². The van der Waals surface area contributed by atoms with Crippen molar-refractivity contribution in [3.05, 3.63) is 41.5 Å². The van der Waals surface area contributed by atoms with E-state index >= 15 is 0 Å². The topological polar surface area (TPSA) is 100 Å². The van der Waals surface area contributed by atoms with Crippen LogP contribution in [0.5, 0.6) is 5.88 Å². The lowest BCUT2D eigenvalue weighted by molar-refractivity contribution is 0.0725. The predicted molar refractivity (Wildman–Crippen MR) is 131 cm³/mol. The summed E-state index contributed by atoms with van der Waals surface area (Å²) >= 11 is 0. The van der Waals surface area contributed by atoms with Crippen molar-refractivity contribution in [2.24, 2.45) is 12.8 Å². The summed E-state index contributed by atoms with van der Waals surface area (Å²) in [4.78, 5) is 24.3. The van der Waals surface area contributed by atoms with Gasteiger partial charge in [0.15, 0.2) is 5.82 Å². The molecule has 35 heavy (non-hydrogen) atoms. The van der Waals surface area contributed by atoms with E-state index < -0.39 is 12.7 Å². The van der Waals surface area contributed by atoms with Gasteiger partial charge in [-0.1, -0.05) is 0 Å². The van der Waals surface area contributed by atoms with Gasteiger partial charge in [0.25, 0.3) is 5.91 Å². The third-order valence-corrected chi connectivity index (χ3v) is 6.60. The number of nitrogens with zero attached hydrogens (tertiary/aromatic N) is 5. The van der Waals surface area contributed by atoms with E-state index in [-0.39, 0.29) is 12.5 Å². The molecule has 1 atom stereocenters. The van der Waals surface area contributed by atoms with Crippen molar-refractivity contribution in [3.63, 3.8) is 0 Å². The van der Waals surface area contributed by atoms with Crippen LogP contribution < -0.4 is 10.5 Å². The second kappa shape index (κ2) is 9.27. The summed E-state index contributed by atoms with van der Waals surface area (Å²) < 4.78 is 27.7. The summed E-state index contributed by atoms with van der Waals surface area (Å²) in [5.74, 6) is 1.17. The van der Waals surface area contributed by atoms with Gasteiger partial charge in [0, 0.05) is 50.8 Å². The predicted octanol–water partition coefficient (Wildman–Crippen LogP) is 2.54. The fourth-order valence-corrected chi connectivity index (χ4v) is 4.77. The molecule has 0 saturated heterocycles. The average molecular weight is 481 g/mol. The molecule has 3 aromatic heterocycles. The molecule has 0 aliphatic carbocycles. The number of halogens is 1. The molecule has 0 radical (unpaired) electrons. The second-order valence-electron chi connectivity index (χ2n) is 8.85. The van der Waals surface area contributed by atoms with E-state index in [1.54, 1.807) is 19.1 Å². The minimum absolute atomic E-state index is 0.130. The number of benzene rings is 1. The third kappa shape index (κ3) is 4.02. The van der Waals surface area contributed by atoms with Gasteiger partial charge in [-0.05, 0) is 36.2 Å². The number of methoxy groups -OCH3 is 2. The SMILES string of the molecule is COCCn1c(-c2nc3cc4c(cc3n2C)CCN(C[C@H](N)CF)C4=O)cc2ccc(OC)nc21. The Labute approximate surface area is 202 Å². The summed E-state index contributed by atoms with van der Waals surface area (Å²) in [6.45, 7) is 1.18. The second-order valence-corrected chi connectivity index (χ2v) is 8.85. The summed E-state index contributed by atoms with van der Waals surface area (Å²) in [5.41, 5.74) is 10.7. The Morgan fingerprint density at radius 2 is 2.03 bits per heavy atom. The molecule has 0 unspecified atom stereocenters. The molecule has 10 heteroatoms. The molecule has 4 aromatic rings. The zero-order valence-electron chi connectivity index (χ0n) is 20.1. The highest BCUT2D eigenvalue weighted by Crippen LogP contribution is 2.32. The van der Waals surface area contributed by atoms with Crippen LogP contribution in [0.2, 0.25) is 0 Å². The van der Waals surface area contributed by atoms with Crippen molar-refractivity contribution in [2.75, 3.05) is 40.6 Å². The lowest BCUT2D eigenvalue weighted by atomic mass is 9.97. The minimum atomic E-state index is -0.674. The van der Waals surface area contributed by atoms with Crippen LogP contribution in [0.1, 0.15) is 15.9 Å². The van der Waals surface area contributed by atoms with Crippen molar-refractivity contribution in [1.29, 1.82) is 0 Å². The third-order valence-electron chi connectivity index (χ3n) is 6.60. The Kier molecular flexibility index (Phi) is 6.16. The number of aryl methyl sites for hydroxylation is 1. The average Bonchev–Trinajstić information content (AvgIpc) is 3.39. The van der Waals surface area contributed by atoms with Crippen LogP contribution in [0.3, 0.4) is 0 Å². The number of alkyl halides is 1. The van der Waals surface area contributed by atoms with Crippen molar-refractivity contribution in [1.82, 2.24) is 24.0 Å². The minimum Gasteiger partial charge on any atom is -0.481 e. The Balaban J connectivity index is 1.61. The maximum absolute atomic E-state index is 13.1. The van der Waals surface area contributed by atoms with E-state index in [2.05, 4.69) is 15.6 Å². The first-order valence-corrected chi connectivity index (χ1v) is 11.6. The number of carbonyl (C=O) groups is 1. The lowest BCUT2D eigenvalue weighted by Gasteiger charge is -2.30. The van der Waals surface area contributed by atoms with E-state index in [0.717, 1.165) is 39.1 Å². The van der Waals surface area contributed by atoms with Crippen LogP contribution in [0.4, 0.5) is 4.39 Å². The fourth-order valence-electron chi connectivity index (χ4n) is 4.77. The summed E-state index contributed by atoms with van der Waals surface area (Å²) in [5, 5.41) is 0.971. The van der Waals surface area contributed by atoms with Gasteiger partial charge >= 0.3 is 0 Å². The molecular formula is C25H29FN6O3. The molecule has 0 bridgehead atoms. The molecule has 0 fully saturated rings. The number of fused-ring (bicyclic) bond motifs is 3. The fraction of sp³-hybridized carbons (Fsp3) is 0.400. The number of aromatic nitrogens is 4. The number of imidazole rings is 1. The van der Waals surface area contributed by atoms with E-state index in [1.807, 2.05) is 35.9 Å². The van der Waals surface area contributed by atoms with Gasteiger partial charge in [0.05, 0.1) is 36.5 Å². The molecule has 4 heterocycles. The van der Waals surface area contributed by atoms with Gasteiger partial charge in [-0.3, -0.25) is 4.79 Å². The molecule has 1 aromatic carbocycles.